The van der Waals surface area contributed by atoms with Crippen molar-refractivity contribution in [2.75, 3.05) is 17.5 Å². The van der Waals surface area contributed by atoms with Crippen molar-refractivity contribution in [1.29, 1.82) is 0 Å². The first kappa shape index (κ1) is 27.5. The van der Waals surface area contributed by atoms with E-state index >= 15 is 0 Å². The molecule has 0 spiro atoms. The maximum atomic E-state index is 13.1. The summed E-state index contributed by atoms with van der Waals surface area (Å²) in [6, 6.07) is 17.9. The van der Waals surface area contributed by atoms with Gasteiger partial charge in [0.1, 0.15) is 5.75 Å². The Bertz CT molecular complexity index is 1510. The minimum absolute atomic E-state index is 0.00981. The minimum atomic E-state index is -3.75. The molecule has 1 aliphatic rings. The Kier molecular flexibility index (Phi) is 8.35. The van der Waals surface area contributed by atoms with E-state index in [1.54, 1.807) is 12.1 Å². The van der Waals surface area contributed by atoms with E-state index in [1.807, 2.05) is 17.4 Å². The minimum Gasteiger partial charge on any atom is -0.452 e. The number of benzene rings is 3. The molecular formula is C27H22F2N2O7S. The number of rotatable bonds is 9. The first-order valence-electron chi connectivity index (χ1n) is 11.6. The predicted molar refractivity (Wildman–Crippen MR) is 137 cm³/mol. The van der Waals surface area contributed by atoms with Gasteiger partial charge in [-0.2, -0.15) is 8.78 Å². The molecule has 202 valence electrons. The highest BCUT2D eigenvalue weighted by Crippen LogP contribution is 2.32. The van der Waals surface area contributed by atoms with Crippen LogP contribution in [0.3, 0.4) is 0 Å². The number of para-hydroxylation sites is 1. The molecule has 3 aromatic rings. The summed E-state index contributed by atoms with van der Waals surface area (Å²) in [5.41, 5.74) is 2.16. The van der Waals surface area contributed by atoms with Crippen molar-refractivity contribution in [2.24, 2.45) is 0 Å². The molecule has 9 nitrogen and oxygen atoms in total. The highest BCUT2D eigenvalue weighted by molar-refractivity contribution is 7.92. The van der Waals surface area contributed by atoms with E-state index in [0.29, 0.717) is 24.2 Å². The van der Waals surface area contributed by atoms with Gasteiger partial charge in [0.25, 0.3) is 21.8 Å². The molecule has 3 aromatic carbocycles. The number of alkyl halides is 2. The van der Waals surface area contributed by atoms with E-state index in [-0.39, 0.29) is 16.2 Å². The van der Waals surface area contributed by atoms with Gasteiger partial charge < -0.3 is 9.47 Å². The van der Waals surface area contributed by atoms with Gasteiger partial charge in [-0.15, -0.1) is 0 Å². The number of anilines is 1. The molecule has 0 aliphatic carbocycles. The number of nitrogens with zero attached hydrogens (tertiary/aromatic N) is 1. The lowest BCUT2D eigenvalue weighted by Crippen LogP contribution is -2.34. The van der Waals surface area contributed by atoms with Crippen molar-refractivity contribution in [3.8, 4) is 5.75 Å². The number of halogens is 2. The van der Waals surface area contributed by atoms with Gasteiger partial charge in [-0.3, -0.25) is 19.2 Å². The average Bonchev–Trinajstić information content (AvgIpc) is 3.36. The Labute approximate surface area is 222 Å². The molecule has 0 fully saturated rings. The molecule has 0 saturated heterocycles. The van der Waals surface area contributed by atoms with E-state index in [1.165, 1.54) is 46.8 Å². The number of ether oxygens (including phenoxy) is 2. The van der Waals surface area contributed by atoms with E-state index < -0.39 is 41.0 Å². The van der Waals surface area contributed by atoms with E-state index in [2.05, 4.69) is 4.74 Å². The molecule has 0 aromatic heterocycles. The van der Waals surface area contributed by atoms with Gasteiger partial charge in [0.15, 0.2) is 6.61 Å². The summed E-state index contributed by atoms with van der Waals surface area (Å²) in [5, 5.41) is 2.01. The van der Waals surface area contributed by atoms with E-state index in [4.69, 9.17) is 4.74 Å². The largest absolute Gasteiger partial charge is 0.452 e. The highest BCUT2D eigenvalue weighted by Gasteiger charge is 2.30. The molecule has 0 radical (unpaired) electrons. The third-order valence-electron chi connectivity index (χ3n) is 5.66. The standard InChI is InChI=1S/C27H22F2N2O7S/c28-27(29)38-21-10-8-20(9-11-21)26(34)30-24(32)17-37-25(33)14-7-18-5-12-22(13-6-18)39(35,36)31-16-15-19-3-1-2-4-23(19)31/h1-14,27H,15-17H2,(H,30,32,34). The van der Waals surface area contributed by atoms with Gasteiger partial charge in [0, 0.05) is 18.2 Å². The molecule has 1 heterocycles. The Morgan fingerprint density at radius 2 is 1.67 bits per heavy atom. The zero-order valence-corrected chi connectivity index (χ0v) is 21.1. The number of hydrogen-bond donors (Lipinski definition) is 1. The summed E-state index contributed by atoms with van der Waals surface area (Å²) in [7, 11) is -3.75. The lowest BCUT2D eigenvalue weighted by Gasteiger charge is -2.19. The van der Waals surface area contributed by atoms with Crippen LogP contribution in [0.15, 0.2) is 83.8 Å². The van der Waals surface area contributed by atoms with Gasteiger partial charge in [-0.25, -0.2) is 13.2 Å². The number of sulfonamides is 1. The smallest absolute Gasteiger partial charge is 0.387 e. The number of nitrogens with one attached hydrogen (secondary N) is 1. The monoisotopic (exact) mass is 556 g/mol. The van der Waals surface area contributed by atoms with Crippen LogP contribution in [0.5, 0.6) is 5.75 Å². The summed E-state index contributed by atoms with van der Waals surface area (Å²) in [6.45, 7) is -3.39. The van der Waals surface area contributed by atoms with Gasteiger partial charge in [-0.05, 0) is 66.1 Å². The third-order valence-corrected chi connectivity index (χ3v) is 7.49. The lowest BCUT2D eigenvalue weighted by molar-refractivity contribution is -0.143. The Balaban J connectivity index is 1.27. The Hall–Kier alpha value is -4.58. The number of amides is 2. The van der Waals surface area contributed by atoms with E-state index in [9.17, 15) is 31.6 Å². The maximum absolute atomic E-state index is 13.1. The van der Waals surface area contributed by atoms with Crippen molar-refractivity contribution >= 4 is 39.6 Å². The fourth-order valence-electron chi connectivity index (χ4n) is 3.81. The number of hydrogen-bond acceptors (Lipinski definition) is 7. The zero-order valence-electron chi connectivity index (χ0n) is 20.3. The number of carbonyl (C=O) groups excluding carboxylic acids is 3. The molecular weight excluding hydrogens is 534 g/mol. The van der Waals surface area contributed by atoms with Crippen LogP contribution in [-0.4, -0.2) is 46.0 Å². The molecule has 0 saturated carbocycles. The molecule has 0 atom stereocenters. The number of imide groups is 1. The second-order valence-electron chi connectivity index (χ2n) is 8.25. The van der Waals surface area contributed by atoms with Crippen LogP contribution >= 0.6 is 0 Å². The second kappa shape index (κ2) is 11.9. The fourth-order valence-corrected chi connectivity index (χ4v) is 5.31. The Morgan fingerprint density at radius 1 is 0.974 bits per heavy atom. The lowest BCUT2D eigenvalue weighted by atomic mass is 10.2. The van der Waals surface area contributed by atoms with Crippen LogP contribution < -0.4 is 14.4 Å². The number of carbonyl (C=O) groups is 3. The SMILES string of the molecule is O=C(COC(=O)C=Cc1ccc(S(=O)(=O)N2CCc3ccccc32)cc1)NC(=O)c1ccc(OC(F)F)cc1. The van der Waals surface area contributed by atoms with Gasteiger partial charge in [0.2, 0.25) is 0 Å². The molecule has 39 heavy (non-hydrogen) atoms. The number of esters is 1. The first-order chi connectivity index (χ1) is 18.6. The third kappa shape index (κ3) is 6.85. The number of fused-ring (bicyclic) bond motifs is 1. The van der Waals surface area contributed by atoms with Crippen LogP contribution in [0.25, 0.3) is 6.08 Å². The first-order valence-corrected chi connectivity index (χ1v) is 13.0. The van der Waals surface area contributed by atoms with E-state index in [0.717, 1.165) is 23.8 Å². The van der Waals surface area contributed by atoms with Gasteiger partial charge in [0.05, 0.1) is 10.6 Å². The fraction of sp³-hybridized carbons (Fsp3) is 0.148. The van der Waals surface area contributed by atoms with Crippen molar-refractivity contribution in [3.05, 3.63) is 95.6 Å². The predicted octanol–water partition coefficient (Wildman–Crippen LogP) is 3.55. The van der Waals surface area contributed by atoms with Crippen LogP contribution in [-0.2, 0) is 30.8 Å². The van der Waals surface area contributed by atoms with Crippen molar-refractivity contribution in [3.63, 3.8) is 0 Å². The highest BCUT2D eigenvalue weighted by atomic mass is 32.2. The topological polar surface area (TPSA) is 119 Å². The van der Waals surface area contributed by atoms with Gasteiger partial charge >= 0.3 is 12.6 Å². The summed E-state index contributed by atoms with van der Waals surface area (Å²) < 4.78 is 60.9. The summed E-state index contributed by atoms with van der Waals surface area (Å²) >= 11 is 0. The maximum Gasteiger partial charge on any atom is 0.387 e. The average molecular weight is 557 g/mol. The quantitative estimate of drug-likeness (QED) is 0.316. The summed E-state index contributed by atoms with van der Waals surface area (Å²) in [5.74, 6) is -2.73. The molecule has 1 aliphatic heterocycles. The van der Waals surface area contributed by atoms with Crippen LogP contribution in [0.4, 0.5) is 14.5 Å². The molecule has 0 bridgehead atoms. The summed E-state index contributed by atoms with van der Waals surface area (Å²) in [6.07, 6.45) is 3.07. The van der Waals surface area contributed by atoms with Crippen LogP contribution in [0.2, 0.25) is 0 Å². The van der Waals surface area contributed by atoms with Gasteiger partial charge in [-0.1, -0.05) is 30.3 Å². The van der Waals surface area contributed by atoms with Crippen LogP contribution in [0, 0.1) is 0 Å². The molecule has 0 unspecified atom stereocenters. The van der Waals surface area contributed by atoms with Crippen molar-refractivity contribution in [1.82, 2.24) is 5.32 Å². The molecule has 4 rings (SSSR count). The molecule has 12 heteroatoms. The zero-order chi connectivity index (χ0) is 28.0. The normalized spacial score (nSPS) is 12.8. The van der Waals surface area contributed by atoms with Crippen molar-refractivity contribution < 1.29 is 41.1 Å². The van der Waals surface area contributed by atoms with Crippen molar-refractivity contribution in [2.45, 2.75) is 17.9 Å². The summed E-state index contributed by atoms with van der Waals surface area (Å²) in [4.78, 5) is 36.1. The Morgan fingerprint density at radius 3 is 2.36 bits per heavy atom. The molecule has 1 N–H and O–H groups in total. The van der Waals surface area contributed by atoms with Crippen LogP contribution in [0.1, 0.15) is 21.5 Å². The molecule has 2 amide bonds. The second-order valence-corrected chi connectivity index (χ2v) is 10.1.